The van der Waals surface area contributed by atoms with E-state index in [4.69, 9.17) is 10.5 Å². The SMILES string of the molecule is N#Cc1cc2nc(N)c3cncn3c2cc1C(=O)N1CCC[C@@H]2Oc3cc(OC(F)(F)F)ccc3[C@@H]21. The second-order valence-corrected chi connectivity index (χ2v) is 8.63. The maximum Gasteiger partial charge on any atom is 0.573 e. The van der Waals surface area contributed by atoms with Gasteiger partial charge < -0.3 is 20.1 Å². The third-order valence-corrected chi connectivity index (χ3v) is 6.52. The highest BCUT2D eigenvalue weighted by molar-refractivity contribution is 6.01. The number of likely N-dealkylation sites (tertiary alicyclic amines) is 1. The number of alkyl halides is 3. The normalized spacial score (nSPS) is 19.0. The van der Waals surface area contributed by atoms with Gasteiger partial charge in [-0.15, -0.1) is 13.2 Å². The molecule has 6 rings (SSSR count). The van der Waals surface area contributed by atoms with Crippen molar-refractivity contribution >= 4 is 28.3 Å². The van der Waals surface area contributed by atoms with Gasteiger partial charge in [0.15, 0.2) is 0 Å². The monoisotopic (exact) mass is 494 g/mol. The van der Waals surface area contributed by atoms with E-state index in [1.54, 1.807) is 27.9 Å². The van der Waals surface area contributed by atoms with Crippen LogP contribution in [0.2, 0.25) is 0 Å². The lowest BCUT2D eigenvalue weighted by atomic mass is 9.93. The summed E-state index contributed by atoms with van der Waals surface area (Å²) >= 11 is 0. The maximum atomic E-state index is 13.8. The predicted octanol–water partition coefficient (Wildman–Crippen LogP) is 3.97. The number of aromatic nitrogens is 3. The Morgan fingerprint density at radius 2 is 2.08 bits per heavy atom. The van der Waals surface area contributed by atoms with Crippen LogP contribution >= 0.6 is 0 Å². The Labute approximate surface area is 201 Å². The van der Waals surface area contributed by atoms with E-state index < -0.39 is 24.3 Å². The Hall–Kier alpha value is -4.53. The summed E-state index contributed by atoms with van der Waals surface area (Å²) in [7, 11) is 0. The van der Waals surface area contributed by atoms with Gasteiger partial charge in [0, 0.05) is 18.2 Å². The molecule has 2 N–H and O–H groups in total. The number of nitrogens with two attached hydrogens (primary N) is 1. The molecule has 1 amide bonds. The standard InChI is InChI=1S/C24H17F3N6O3/c25-24(26,27)36-13-3-4-14-20(7-13)35-19-2-1-5-32(21(14)19)23(34)15-8-17-16(6-12(15)9-28)31-22(29)18-10-30-11-33(17)18/h3-4,6-8,10-11,19,21H,1-2,5H2,(H2,29,31)/t19-,21-/m0/s1. The second kappa shape index (κ2) is 7.74. The van der Waals surface area contributed by atoms with Crippen LogP contribution in [0.25, 0.3) is 16.6 Å². The molecule has 0 unspecified atom stereocenters. The van der Waals surface area contributed by atoms with Crippen molar-refractivity contribution in [3.63, 3.8) is 0 Å². The fourth-order valence-electron chi connectivity index (χ4n) is 5.05. The number of amides is 1. The summed E-state index contributed by atoms with van der Waals surface area (Å²) in [5.74, 6) is -0.295. The molecule has 1 fully saturated rings. The highest BCUT2D eigenvalue weighted by Crippen LogP contribution is 2.46. The number of hydrogen-bond acceptors (Lipinski definition) is 7. The number of carbonyl (C=O) groups is 1. The lowest BCUT2D eigenvalue weighted by Crippen LogP contribution is -2.44. The smallest absolute Gasteiger partial charge is 0.487 e. The van der Waals surface area contributed by atoms with Crippen LogP contribution in [0.5, 0.6) is 11.5 Å². The van der Waals surface area contributed by atoms with Crippen molar-refractivity contribution in [2.75, 3.05) is 12.3 Å². The fraction of sp³-hybridized carbons (Fsp3) is 0.250. The second-order valence-electron chi connectivity index (χ2n) is 8.63. The lowest BCUT2D eigenvalue weighted by Gasteiger charge is -2.36. The minimum atomic E-state index is -4.83. The zero-order valence-corrected chi connectivity index (χ0v) is 18.5. The number of imidazole rings is 1. The number of hydrogen-bond donors (Lipinski definition) is 1. The molecule has 0 bridgehead atoms. The topological polar surface area (TPSA) is 119 Å². The van der Waals surface area contributed by atoms with E-state index in [2.05, 4.69) is 20.8 Å². The van der Waals surface area contributed by atoms with Crippen LogP contribution < -0.4 is 15.2 Å². The molecule has 9 nitrogen and oxygen atoms in total. The minimum Gasteiger partial charge on any atom is -0.487 e. The Morgan fingerprint density at radius 1 is 1.25 bits per heavy atom. The number of nitrogen functional groups attached to an aromatic ring is 1. The van der Waals surface area contributed by atoms with Crippen LogP contribution in [-0.4, -0.2) is 44.2 Å². The highest BCUT2D eigenvalue weighted by Gasteiger charge is 2.44. The molecule has 0 saturated carbocycles. The van der Waals surface area contributed by atoms with Gasteiger partial charge in [-0.3, -0.25) is 9.20 Å². The molecule has 2 aromatic heterocycles. The van der Waals surface area contributed by atoms with Crippen LogP contribution in [-0.2, 0) is 0 Å². The Kier molecular flexibility index (Phi) is 4.72. The minimum absolute atomic E-state index is 0.133. The summed E-state index contributed by atoms with van der Waals surface area (Å²) in [6.45, 7) is 0.396. The Balaban J connectivity index is 1.42. The van der Waals surface area contributed by atoms with Gasteiger partial charge >= 0.3 is 6.36 Å². The molecule has 2 aliphatic heterocycles. The molecule has 12 heteroatoms. The highest BCUT2D eigenvalue weighted by atomic mass is 19.4. The Morgan fingerprint density at radius 3 is 2.86 bits per heavy atom. The Bertz CT molecular complexity index is 1590. The molecule has 0 radical (unpaired) electrons. The van der Waals surface area contributed by atoms with Gasteiger partial charge in [0.2, 0.25) is 0 Å². The number of rotatable bonds is 2. The maximum absolute atomic E-state index is 13.8. The van der Waals surface area contributed by atoms with Crippen LogP contribution in [0.3, 0.4) is 0 Å². The largest absolute Gasteiger partial charge is 0.573 e. The van der Waals surface area contributed by atoms with Gasteiger partial charge in [0.25, 0.3) is 5.91 Å². The predicted molar refractivity (Wildman–Crippen MR) is 120 cm³/mol. The van der Waals surface area contributed by atoms with Gasteiger partial charge in [-0.1, -0.05) is 0 Å². The number of nitriles is 1. The quantitative estimate of drug-likeness (QED) is 0.448. The zero-order valence-electron chi connectivity index (χ0n) is 18.5. The first-order chi connectivity index (χ1) is 17.2. The zero-order chi connectivity index (χ0) is 25.2. The van der Waals surface area contributed by atoms with E-state index in [9.17, 15) is 23.2 Å². The van der Waals surface area contributed by atoms with Gasteiger partial charge in [-0.2, -0.15) is 5.26 Å². The molecule has 2 aliphatic rings. The molecule has 4 heterocycles. The molecule has 182 valence electrons. The van der Waals surface area contributed by atoms with E-state index in [-0.39, 0.29) is 28.6 Å². The fourth-order valence-corrected chi connectivity index (χ4v) is 5.05. The van der Waals surface area contributed by atoms with Gasteiger partial charge in [-0.05, 0) is 37.1 Å². The van der Waals surface area contributed by atoms with E-state index in [1.165, 1.54) is 24.3 Å². The van der Waals surface area contributed by atoms with Crippen molar-refractivity contribution in [1.29, 1.82) is 5.26 Å². The number of anilines is 1. The molecule has 0 aliphatic carbocycles. The molecular weight excluding hydrogens is 477 g/mol. The number of fused-ring (bicyclic) bond motifs is 6. The van der Waals surface area contributed by atoms with Crippen LogP contribution in [0.4, 0.5) is 19.0 Å². The first kappa shape index (κ1) is 22.0. The molecular formula is C24H17F3N6O3. The van der Waals surface area contributed by atoms with E-state index in [0.29, 0.717) is 41.5 Å². The number of carbonyl (C=O) groups excluding carboxylic acids is 1. The van der Waals surface area contributed by atoms with E-state index in [1.807, 2.05) is 0 Å². The average Bonchev–Trinajstić information content (AvgIpc) is 3.47. The van der Waals surface area contributed by atoms with Crippen molar-refractivity contribution in [3.05, 3.63) is 59.5 Å². The van der Waals surface area contributed by atoms with E-state index >= 15 is 0 Å². The first-order valence-corrected chi connectivity index (χ1v) is 11.1. The molecule has 2 atom stereocenters. The van der Waals surface area contributed by atoms with Gasteiger partial charge in [0.1, 0.15) is 35.0 Å². The number of nitrogens with zero attached hydrogens (tertiary/aromatic N) is 5. The average molecular weight is 494 g/mol. The third-order valence-electron chi connectivity index (χ3n) is 6.52. The summed E-state index contributed by atoms with van der Waals surface area (Å²) in [5.41, 5.74) is 8.48. The number of halogens is 3. The summed E-state index contributed by atoms with van der Waals surface area (Å²) in [6.07, 6.45) is -0.890. The van der Waals surface area contributed by atoms with Gasteiger partial charge in [0.05, 0.1) is 40.7 Å². The summed E-state index contributed by atoms with van der Waals surface area (Å²) in [6, 6.07) is 8.54. The van der Waals surface area contributed by atoms with Crippen molar-refractivity contribution in [2.24, 2.45) is 0 Å². The number of benzene rings is 2. The lowest BCUT2D eigenvalue weighted by molar-refractivity contribution is -0.274. The molecule has 2 aromatic carbocycles. The first-order valence-electron chi connectivity index (χ1n) is 11.1. The molecule has 4 aromatic rings. The van der Waals surface area contributed by atoms with Crippen molar-refractivity contribution in [1.82, 2.24) is 19.3 Å². The third kappa shape index (κ3) is 3.43. The van der Waals surface area contributed by atoms with Crippen LogP contribution in [0.1, 0.15) is 40.4 Å². The summed E-state index contributed by atoms with van der Waals surface area (Å²) in [4.78, 5) is 23.9. The van der Waals surface area contributed by atoms with Crippen LogP contribution in [0, 0.1) is 11.3 Å². The van der Waals surface area contributed by atoms with Crippen molar-refractivity contribution < 1.29 is 27.4 Å². The number of ether oxygens (including phenoxy) is 2. The van der Waals surface area contributed by atoms with Crippen LogP contribution in [0.15, 0.2) is 42.9 Å². The van der Waals surface area contributed by atoms with Crippen molar-refractivity contribution in [3.8, 4) is 17.6 Å². The molecule has 0 spiro atoms. The molecule has 1 saturated heterocycles. The van der Waals surface area contributed by atoms with Crippen molar-refractivity contribution in [2.45, 2.75) is 31.3 Å². The summed E-state index contributed by atoms with van der Waals surface area (Å²) < 4.78 is 49.6. The van der Waals surface area contributed by atoms with E-state index in [0.717, 1.165) is 0 Å². The summed E-state index contributed by atoms with van der Waals surface area (Å²) in [5, 5.41) is 9.81. The number of piperidine rings is 1. The molecule has 36 heavy (non-hydrogen) atoms. The van der Waals surface area contributed by atoms with Gasteiger partial charge in [-0.25, -0.2) is 9.97 Å².